The average molecular weight is 162 g/mol. The molecule has 0 aromatic carbocycles. The van der Waals surface area contributed by atoms with Crippen molar-refractivity contribution in [3.05, 3.63) is 0 Å². The predicted octanol–water partition coefficient (Wildman–Crippen LogP) is 0.987. The minimum absolute atomic E-state index is 0.269. The Kier molecular flexibility index (Phi) is 4.11. The van der Waals surface area contributed by atoms with Gasteiger partial charge in [0.25, 0.3) is 0 Å². The number of carboxylic acids is 1. The monoisotopic (exact) mass is 162 g/mol. The van der Waals surface area contributed by atoms with Crippen molar-refractivity contribution in [3.8, 4) is 0 Å². The number of carbonyl (C=O) groups excluding carboxylic acids is 1. The van der Waals surface area contributed by atoms with Crippen molar-refractivity contribution >= 4 is 22.8 Å². The summed E-state index contributed by atoms with van der Waals surface area (Å²) in [5, 5.41) is 8.08. The first-order chi connectivity index (χ1) is 4.59. The lowest BCUT2D eigenvalue weighted by atomic mass is 10.2. The van der Waals surface area contributed by atoms with Crippen LogP contribution in [0.2, 0.25) is 0 Å². The molecule has 0 aliphatic carbocycles. The topological polar surface area (TPSA) is 54.4 Å². The SMILES string of the molecule is CCSC(=O)C(C)C(=O)O. The molecule has 0 aromatic heterocycles. The maximum Gasteiger partial charge on any atom is 0.314 e. The third-order valence-electron chi connectivity index (χ3n) is 1.01. The normalized spacial score (nSPS) is 12.6. The van der Waals surface area contributed by atoms with Gasteiger partial charge in [0.2, 0.25) is 5.12 Å². The van der Waals surface area contributed by atoms with Gasteiger partial charge < -0.3 is 5.11 Å². The summed E-state index contributed by atoms with van der Waals surface area (Å²) < 4.78 is 0. The van der Waals surface area contributed by atoms with Crippen LogP contribution in [-0.2, 0) is 9.59 Å². The highest BCUT2D eigenvalue weighted by Gasteiger charge is 2.19. The lowest BCUT2D eigenvalue weighted by molar-refractivity contribution is -0.143. The molecule has 0 bridgehead atoms. The second kappa shape index (κ2) is 4.33. The van der Waals surface area contributed by atoms with Crippen LogP contribution < -0.4 is 0 Å². The van der Waals surface area contributed by atoms with Gasteiger partial charge in [-0.15, -0.1) is 0 Å². The Morgan fingerprint density at radius 1 is 1.60 bits per heavy atom. The molecule has 0 fully saturated rings. The molecule has 0 aromatic rings. The van der Waals surface area contributed by atoms with Gasteiger partial charge in [-0.1, -0.05) is 18.7 Å². The molecular formula is C6H10O3S. The van der Waals surface area contributed by atoms with E-state index in [9.17, 15) is 9.59 Å². The molecule has 3 nitrogen and oxygen atoms in total. The van der Waals surface area contributed by atoms with Crippen molar-refractivity contribution in [2.45, 2.75) is 13.8 Å². The van der Waals surface area contributed by atoms with E-state index < -0.39 is 11.9 Å². The van der Waals surface area contributed by atoms with E-state index in [1.807, 2.05) is 6.92 Å². The van der Waals surface area contributed by atoms with E-state index >= 15 is 0 Å². The van der Waals surface area contributed by atoms with Gasteiger partial charge in [0, 0.05) is 0 Å². The van der Waals surface area contributed by atoms with Gasteiger partial charge in [0.05, 0.1) is 0 Å². The van der Waals surface area contributed by atoms with Gasteiger partial charge in [0.15, 0.2) is 0 Å². The Labute approximate surface area is 63.8 Å². The van der Waals surface area contributed by atoms with Gasteiger partial charge in [-0.2, -0.15) is 0 Å². The van der Waals surface area contributed by atoms with Gasteiger partial charge in [-0.3, -0.25) is 9.59 Å². The largest absolute Gasteiger partial charge is 0.481 e. The van der Waals surface area contributed by atoms with Crippen molar-refractivity contribution in [1.29, 1.82) is 0 Å². The molecule has 58 valence electrons. The summed E-state index contributed by atoms with van der Waals surface area (Å²) in [7, 11) is 0. The highest BCUT2D eigenvalue weighted by molar-refractivity contribution is 8.13. The van der Waals surface area contributed by atoms with Crippen LogP contribution in [0, 0.1) is 5.92 Å². The number of aliphatic carboxylic acids is 1. The maximum atomic E-state index is 10.8. The molecule has 0 radical (unpaired) electrons. The zero-order chi connectivity index (χ0) is 8.15. The minimum Gasteiger partial charge on any atom is -0.481 e. The zero-order valence-electron chi connectivity index (χ0n) is 5.96. The van der Waals surface area contributed by atoms with E-state index in [0.29, 0.717) is 5.75 Å². The molecule has 4 heteroatoms. The molecule has 0 aliphatic rings. The smallest absolute Gasteiger partial charge is 0.314 e. The Morgan fingerprint density at radius 2 is 2.10 bits per heavy atom. The van der Waals surface area contributed by atoms with Crippen LogP contribution in [0.1, 0.15) is 13.8 Å². The van der Waals surface area contributed by atoms with Crippen LogP contribution in [0.3, 0.4) is 0 Å². The average Bonchev–Trinajstić information content (AvgIpc) is 1.87. The molecule has 0 spiro atoms. The molecule has 0 aliphatic heterocycles. The Balaban J connectivity index is 3.82. The maximum absolute atomic E-state index is 10.8. The van der Waals surface area contributed by atoms with Crippen LogP contribution in [0.15, 0.2) is 0 Å². The Morgan fingerprint density at radius 3 is 2.40 bits per heavy atom. The zero-order valence-corrected chi connectivity index (χ0v) is 6.77. The number of hydrogen-bond donors (Lipinski definition) is 1. The summed E-state index contributed by atoms with van der Waals surface area (Å²) in [5.74, 6) is -1.29. The lowest BCUT2D eigenvalue weighted by Crippen LogP contribution is -2.17. The van der Waals surface area contributed by atoms with Crippen molar-refractivity contribution in [2.75, 3.05) is 5.75 Å². The van der Waals surface area contributed by atoms with E-state index in [1.54, 1.807) is 0 Å². The van der Waals surface area contributed by atoms with Crippen LogP contribution in [0.4, 0.5) is 0 Å². The van der Waals surface area contributed by atoms with E-state index in [0.717, 1.165) is 11.8 Å². The standard InChI is InChI=1S/C6H10O3S/c1-3-10-6(9)4(2)5(7)8/h4H,3H2,1-2H3,(H,7,8). The van der Waals surface area contributed by atoms with E-state index in [2.05, 4.69) is 0 Å². The first-order valence-corrected chi connectivity index (χ1v) is 3.97. The molecule has 1 unspecified atom stereocenters. The third kappa shape index (κ3) is 2.87. The highest BCUT2D eigenvalue weighted by Crippen LogP contribution is 2.09. The Hall–Kier alpha value is -0.510. The van der Waals surface area contributed by atoms with E-state index in [4.69, 9.17) is 5.11 Å². The first kappa shape index (κ1) is 9.49. The van der Waals surface area contributed by atoms with E-state index in [1.165, 1.54) is 6.92 Å². The molecule has 0 saturated heterocycles. The van der Waals surface area contributed by atoms with Gasteiger partial charge in [-0.25, -0.2) is 0 Å². The van der Waals surface area contributed by atoms with Crippen LogP contribution in [0.5, 0.6) is 0 Å². The van der Waals surface area contributed by atoms with Crippen LogP contribution in [0.25, 0.3) is 0 Å². The molecular weight excluding hydrogens is 152 g/mol. The van der Waals surface area contributed by atoms with E-state index in [-0.39, 0.29) is 5.12 Å². The van der Waals surface area contributed by atoms with Crippen molar-refractivity contribution < 1.29 is 14.7 Å². The summed E-state index contributed by atoms with van der Waals surface area (Å²) in [4.78, 5) is 20.9. The minimum atomic E-state index is -1.05. The first-order valence-electron chi connectivity index (χ1n) is 2.99. The number of thioether (sulfide) groups is 1. The molecule has 0 heterocycles. The number of carbonyl (C=O) groups is 2. The van der Waals surface area contributed by atoms with Gasteiger partial charge in [-0.05, 0) is 12.7 Å². The van der Waals surface area contributed by atoms with Gasteiger partial charge in [0.1, 0.15) is 5.92 Å². The quantitative estimate of drug-likeness (QED) is 0.629. The summed E-state index contributed by atoms with van der Waals surface area (Å²) >= 11 is 1.05. The molecule has 0 amide bonds. The number of hydrogen-bond acceptors (Lipinski definition) is 3. The molecule has 10 heavy (non-hydrogen) atoms. The fourth-order valence-corrected chi connectivity index (χ4v) is 1.00. The van der Waals surface area contributed by atoms with Crippen molar-refractivity contribution in [2.24, 2.45) is 5.92 Å². The summed E-state index contributed by atoms with van der Waals surface area (Å²) in [6.07, 6.45) is 0. The van der Waals surface area contributed by atoms with Gasteiger partial charge >= 0.3 is 5.97 Å². The predicted molar refractivity (Wildman–Crippen MR) is 39.9 cm³/mol. The second-order valence-corrected chi connectivity index (χ2v) is 3.08. The summed E-state index contributed by atoms with van der Waals surface area (Å²) in [6, 6.07) is 0. The molecule has 1 N–H and O–H groups in total. The third-order valence-corrected chi connectivity index (χ3v) is 1.94. The summed E-state index contributed by atoms with van der Waals surface area (Å²) in [6.45, 7) is 3.21. The number of rotatable bonds is 3. The second-order valence-electron chi connectivity index (χ2n) is 1.81. The fourth-order valence-electron chi connectivity index (χ4n) is 0.368. The van der Waals surface area contributed by atoms with Crippen LogP contribution in [-0.4, -0.2) is 21.9 Å². The van der Waals surface area contributed by atoms with Crippen LogP contribution >= 0.6 is 11.8 Å². The lowest BCUT2D eigenvalue weighted by Gasteiger charge is -2.01. The summed E-state index contributed by atoms with van der Waals surface area (Å²) in [5.41, 5.74) is 0. The molecule has 0 saturated carbocycles. The molecule has 0 rings (SSSR count). The Bertz CT molecular complexity index is 144. The number of carboxylic acid groups (broad SMARTS) is 1. The highest BCUT2D eigenvalue weighted by atomic mass is 32.2. The van der Waals surface area contributed by atoms with Crippen molar-refractivity contribution in [1.82, 2.24) is 0 Å². The van der Waals surface area contributed by atoms with Crippen molar-refractivity contribution in [3.63, 3.8) is 0 Å². The molecule has 1 atom stereocenters. The fraction of sp³-hybridized carbons (Fsp3) is 0.667.